The normalized spacial score (nSPS) is 10.8. The van der Waals surface area contributed by atoms with Crippen LogP contribution in [0.5, 0.6) is 5.75 Å². The van der Waals surface area contributed by atoms with E-state index in [0.717, 1.165) is 61.6 Å². The van der Waals surface area contributed by atoms with Gasteiger partial charge in [0.1, 0.15) is 5.75 Å². The molecule has 0 spiro atoms. The van der Waals surface area contributed by atoms with Crippen molar-refractivity contribution in [3.63, 3.8) is 0 Å². The van der Waals surface area contributed by atoms with Gasteiger partial charge in [-0.05, 0) is 95.9 Å². The molecule has 0 unspecified atom stereocenters. The lowest BCUT2D eigenvalue weighted by molar-refractivity contribution is -0.120. The number of hydrogen-bond donors (Lipinski definition) is 1. The van der Waals surface area contributed by atoms with Crippen molar-refractivity contribution >= 4 is 12.4 Å². The third-order valence-corrected chi connectivity index (χ3v) is 8.01. The van der Waals surface area contributed by atoms with E-state index in [9.17, 15) is 14.7 Å². The Labute approximate surface area is 281 Å². The van der Waals surface area contributed by atoms with Gasteiger partial charge in [0.25, 0.3) is 6.47 Å². The minimum absolute atomic E-state index is 0.225. The van der Waals surface area contributed by atoms with Crippen LogP contribution in [0.1, 0.15) is 15.9 Å². The van der Waals surface area contributed by atoms with Crippen molar-refractivity contribution in [2.75, 3.05) is 0 Å². The Hall–Kier alpha value is -6.87. The van der Waals surface area contributed by atoms with Crippen molar-refractivity contribution in [1.29, 1.82) is 0 Å². The van der Waals surface area contributed by atoms with E-state index in [0.29, 0.717) is 23.6 Å². The predicted molar refractivity (Wildman–Crippen MR) is 186 cm³/mol. The second-order valence-electron chi connectivity index (χ2n) is 11.3. The summed E-state index contributed by atoms with van der Waals surface area (Å²) in [5, 5.41) is 9.24. The van der Waals surface area contributed by atoms with Gasteiger partial charge in [0.05, 0.1) is 40.2 Å². The van der Waals surface area contributed by atoms with Crippen LogP contribution in [0.25, 0.3) is 67.4 Å². The first-order valence-corrected chi connectivity index (χ1v) is 15.3. The van der Waals surface area contributed by atoms with E-state index in [4.69, 9.17) is 14.7 Å². The summed E-state index contributed by atoms with van der Waals surface area (Å²) in [6.07, 6.45) is 8.79. The highest BCUT2D eigenvalue weighted by Crippen LogP contribution is 2.34. The molecule has 0 radical (unpaired) electrons. The smallest absolute Gasteiger partial charge is 0.335 e. The van der Waals surface area contributed by atoms with Gasteiger partial charge in [-0.25, -0.2) is 4.79 Å². The number of carboxylic acids is 1. The molecule has 9 nitrogen and oxygen atoms in total. The van der Waals surface area contributed by atoms with Crippen LogP contribution < -0.4 is 4.74 Å². The second-order valence-corrected chi connectivity index (χ2v) is 11.3. The first kappa shape index (κ1) is 30.8. The zero-order valence-corrected chi connectivity index (χ0v) is 26.2. The fourth-order valence-corrected chi connectivity index (χ4v) is 5.36. The molecular weight excluding hydrogens is 614 g/mol. The van der Waals surface area contributed by atoms with Gasteiger partial charge in [-0.15, -0.1) is 0 Å². The van der Waals surface area contributed by atoms with E-state index >= 15 is 0 Å². The number of aromatic nitrogens is 5. The van der Waals surface area contributed by atoms with Crippen LogP contribution in [0.4, 0.5) is 0 Å². The molecule has 7 rings (SSSR count). The Morgan fingerprint density at radius 2 is 0.939 bits per heavy atom. The van der Waals surface area contributed by atoms with Gasteiger partial charge in [0.2, 0.25) is 0 Å². The van der Waals surface area contributed by atoms with Gasteiger partial charge in [-0.1, -0.05) is 36.4 Å². The van der Waals surface area contributed by atoms with Gasteiger partial charge in [-0.2, -0.15) is 0 Å². The molecular formula is C40H27N5O4. The molecule has 1 N–H and O–H groups in total. The van der Waals surface area contributed by atoms with Gasteiger partial charge >= 0.3 is 5.97 Å². The van der Waals surface area contributed by atoms with Crippen molar-refractivity contribution in [3.05, 3.63) is 145 Å². The van der Waals surface area contributed by atoms with Crippen molar-refractivity contribution in [2.45, 2.75) is 6.92 Å². The number of nitrogens with zero attached hydrogens (tertiary/aromatic N) is 5. The average Bonchev–Trinajstić information content (AvgIpc) is 3.16. The number of rotatable bonds is 9. The van der Waals surface area contributed by atoms with E-state index < -0.39 is 5.97 Å². The van der Waals surface area contributed by atoms with E-state index in [1.165, 1.54) is 6.20 Å². The molecule has 49 heavy (non-hydrogen) atoms. The van der Waals surface area contributed by atoms with Crippen molar-refractivity contribution in [3.8, 4) is 73.2 Å². The zero-order chi connectivity index (χ0) is 33.7. The molecule has 0 saturated carbocycles. The van der Waals surface area contributed by atoms with E-state index in [2.05, 4.69) is 33.2 Å². The monoisotopic (exact) mass is 641 g/mol. The maximum absolute atomic E-state index is 11.3. The predicted octanol–water partition coefficient (Wildman–Crippen LogP) is 8.21. The number of aryl methyl sites for hydroxylation is 1. The number of benzene rings is 2. The number of hydrogen-bond acceptors (Lipinski definition) is 8. The minimum atomic E-state index is -0.969. The standard InChI is InChI=1S/C40H27N5O4/c1-25-2-11-36(41-19-25)37-13-8-29(21-43-37)32-16-31(28-7-12-35(42-20-28)26-3-5-27(6-4-26)40(47)48)17-33(18-32)30-9-14-38(44-22-30)39-15-10-34(23-45-39)49-24-46/h2-24H,1H3,(H,47,48). The Morgan fingerprint density at radius 3 is 1.33 bits per heavy atom. The minimum Gasteiger partial charge on any atom is -0.478 e. The number of carbonyl (C=O) groups is 2. The molecule has 0 aliphatic carbocycles. The van der Waals surface area contributed by atoms with E-state index in [1.54, 1.807) is 36.4 Å². The number of aromatic carboxylic acids is 1. The SMILES string of the molecule is Cc1ccc(-c2ccc(-c3cc(-c4ccc(-c5ccc(C(=O)O)cc5)nc4)cc(-c4ccc(-c5ccc(OC=O)cn5)nc4)c3)cn2)nc1. The topological polar surface area (TPSA) is 128 Å². The first-order chi connectivity index (χ1) is 23.9. The molecule has 0 amide bonds. The summed E-state index contributed by atoms with van der Waals surface area (Å²) in [5.41, 5.74) is 11.4. The molecule has 0 bridgehead atoms. The van der Waals surface area contributed by atoms with Crippen LogP contribution in [-0.4, -0.2) is 42.5 Å². The molecule has 0 atom stereocenters. The van der Waals surface area contributed by atoms with Gasteiger partial charge in [0, 0.05) is 47.0 Å². The lowest BCUT2D eigenvalue weighted by Crippen LogP contribution is -1.95. The molecule has 9 heteroatoms. The van der Waals surface area contributed by atoms with Crippen molar-refractivity contribution < 1.29 is 19.4 Å². The fourth-order valence-electron chi connectivity index (χ4n) is 5.36. The Bertz CT molecular complexity index is 2250. The summed E-state index contributed by atoms with van der Waals surface area (Å²) in [4.78, 5) is 44.9. The van der Waals surface area contributed by atoms with Crippen LogP contribution in [0.15, 0.2) is 134 Å². The van der Waals surface area contributed by atoms with Gasteiger partial charge in [-0.3, -0.25) is 29.7 Å². The van der Waals surface area contributed by atoms with Crippen LogP contribution in [0.3, 0.4) is 0 Å². The quantitative estimate of drug-likeness (QED) is 0.155. The lowest BCUT2D eigenvalue weighted by atomic mass is 9.94. The number of carboxylic acid groups (broad SMARTS) is 1. The Morgan fingerprint density at radius 1 is 0.510 bits per heavy atom. The third kappa shape index (κ3) is 6.81. The van der Waals surface area contributed by atoms with Crippen LogP contribution in [0.2, 0.25) is 0 Å². The maximum Gasteiger partial charge on any atom is 0.335 e. The van der Waals surface area contributed by atoms with Crippen molar-refractivity contribution in [2.24, 2.45) is 0 Å². The highest BCUT2D eigenvalue weighted by Gasteiger charge is 2.12. The maximum atomic E-state index is 11.3. The molecule has 0 saturated heterocycles. The van der Waals surface area contributed by atoms with E-state index in [-0.39, 0.29) is 5.56 Å². The first-order valence-electron chi connectivity index (χ1n) is 15.3. The highest BCUT2D eigenvalue weighted by molar-refractivity contribution is 5.88. The van der Waals surface area contributed by atoms with Crippen LogP contribution >= 0.6 is 0 Å². The van der Waals surface area contributed by atoms with Gasteiger partial charge in [0.15, 0.2) is 0 Å². The molecule has 7 aromatic rings. The molecule has 0 fully saturated rings. The average molecular weight is 642 g/mol. The number of pyridine rings is 5. The Kier molecular flexibility index (Phi) is 8.46. The lowest BCUT2D eigenvalue weighted by Gasteiger charge is -2.12. The second kappa shape index (κ2) is 13.5. The third-order valence-electron chi connectivity index (χ3n) is 8.01. The zero-order valence-electron chi connectivity index (χ0n) is 26.2. The van der Waals surface area contributed by atoms with Gasteiger partial charge < -0.3 is 9.84 Å². The molecule has 2 aromatic carbocycles. The summed E-state index contributed by atoms with van der Waals surface area (Å²) in [6.45, 7) is 2.37. The number of ether oxygens (including phenoxy) is 1. The summed E-state index contributed by atoms with van der Waals surface area (Å²) < 4.78 is 4.85. The highest BCUT2D eigenvalue weighted by atomic mass is 16.5. The summed E-state index contributed by atoms with van der Waals surface area (Å²) >= 11 is 0. The summed E-state index contributed by atoms with van der Waals surface area (Å²) in [5.74, 6) is -0.612. The molecule has 5 aromatic heterocycles. The van der Waals surface area contributed by atoms with Crippen LogP contribution in [0, 0.1) is 6.92 Å². The Balaban J connectivity index is 1.24. The van der Waals surface area contributed by atoms with Crippen molar-refractivity contribution in [1.82, 2.24) is 24.9 Å². The fraction of sp³-hybridized carbons (Fsp3) is 0.0250. The molecule has 236 valence electrons. The molecule has 5 heterocycles. The number of carbonyl (C=O) groups excluding carboxylic acids is 1. The molecule has 0 aliphatic heterocycles. The van der Waals surface area contributed by atoms with E-state index in [1.807, 2.05) is 80.2 Å². The largest absolute Gasteiger partial charge is 0.478 e. The van der Waals surface area contributed by atoms with Crippen LogP contribution in [-0.2, 0) is 4.79 Å². The summed E-state index contributed by atoms with van der Waals surface area (Å²) in [7, 11) is 0. The molecule has 0 aliphatic rings. The summed E-state index contributed by atoms with van der Waals surface area (Å²) in [6, 6.07) is 32.2.